The molecule has 0 radical (unpaired) electrons. The van der Waals surface area contributed by atoms with Gasteiger partial charge in [0, 0.05) is 0 Å². The van der Waals surface area contributed by atoms with E-state index in [-0.39, 0.29) is 23.3 Å². The lowest BCUT2D eigenvalue weighted by atomic mass is 9.78. The quantitative estimate of drug-likeness (QED) is 0.630. The van der Waals surface area contributed by atoms with Gasteiger partial charge in [-0.3, -0.25) is 4.90 Å². The van der Waals surface area contributed by atoms with Crippen molar-refractivity contribution >= 4 is 32.7 Å². The highest BCUT2D eigenvalue weighted by Crippen LogP contribution is 2.41. The summed E-state index contributed by atoms with van der Waals surface area (Å²) in [5.41, 5.74) is 0.734. The molecule has 2 atom stereocenters. The van der Waals surface area contributed by atoms with Crippen molar-refractivity contribution in [1.82, 2.24) is 0 Å². The van der Waals surface area contributed by atoms with Gasteiger partial charge in [0.2, 0.25) is 0 Å². The van der Waals surface area contributed by atoms with Crippen LogP contribution < -0.4 is 15.1 Å². The number of rotatable bonds is 4. The lowest BCUT2D eigenvalue weighted by Crippen LogP contribution is -2.48. The molecule has 176 valence electrons. The molecule has 0 aromatic heterocycles. The first-order valence-electron chi connectivity index (χ1n) is 11.4. The summed E-state index contributed by atoms with van der Waals surface area (Å²) in [7, 11) is -2.43. The van der Waals surface area contributed by atoms with Crippen LogP contribution in [0.5, 0.6) is 5.75 Å². The van der Waals surface area contributed by atoms with Crippen molar-refractivity contribution < 1.29 is 28.0 Å². The molecule has 0 spiro atoms. The molecule has 9 heteroatoms. The normalized spacial score (nSPS) is 26.5. The van der Waals surface area contributed by atoms with Crippen molar-refractivity contribution in [3.05, 3.63) is 18.2 Å². The van der Waals surface area contributed by atoms with Gasteiger partial charge in [0.05, 0.1) is 23.5 Å². The summed E-state index contributed by atoms with van der Waals surface area (Å²) in [6.45, 7) is 19.8. The van der Waals surface area contributed by atoms with Crippen LogP contribution in [0.2, 0.25) is 18.1 Å². The van der Waals surface area contributed by atoms with Crippen LogP contribution in [0.4, 0.5) is 10.5 Å². The van der Waals surface area contributed by atoms with Crippen molar-refractivity contribution in [2.24, 2.45) is 0 Å². The van der Waals surface area contributed by atoms with E-state index in [1.807, 2.05) is 45.9 Å². The van der Waals surface area contributed by atoms with E-state index in [1.165, 1.54) is 0 Å². The van der Waals surface area contributed by atoms with Gasteiger partial charge in [0.25, 0.3) is 0 Å². The second-order valence-corrected chi connectivity index (χ2v) is 16.4. The number of carbonyl (C=O) groups is 1. The summed E-state index contributed by atoms with van der Waals surface area (Å²) >= 11 is 0. The Bertz CT molecular complexity index is 896. The maximum atomic E-state index is 12.8. The van der Waals surface area contributed by atoms with Gasteiger partial charge in [-0.15, -0.1) is 0 Å². The van der Waals surface area contributed by atoms with E-state index in [4.69, 9.17) is 23.2 Å². The third-order valence-corrected chi connectivity index (χ3v) is 12.3. The van der Waals surface area contributed by atoms with Crippen LogP contribution in [-0.2, 0) is 18.5 Å². The van der Waals surface area contributed by atoms with Gasteiger partial charge in [0.1, 0.15) is 24.5 Å². The number of fused-ring (bicyclic) bond motifs is 3. The van der Waals surface area contributed by atoms with Crippen LogP contribution in [0.3, 0.4) is 0 Å². The highest BCUT2D eigenvalue weighted by Gasteiger charge is 2.53. The Morgan fingerprint density at radius 2 is 1.78 bits per heavy atom. The van der Waals surface area contributed by atoms with Crippen molar-refractivity contribution in [1.29, 1.82) is 0 Å². The summed E-state index contributed by atoms with van der Waals surface area (Å²) in [6, 6.07) is 5.52. The molecule has 0 unspecified atom stereocenters. The zero-order chi connectivity index (χ0) is 23.7. The molecule has 1 aromatic carbocycles. The van der Waals surface area contributed by atoms with Gasteiger partial charge < -0.3 is 23.2 Å². The van der Waals surface area contributed by atoms with Crippen molar-refractivity contribution in [3.63, 3.8) is 0 Å². The third kappa shape index (κ3) is 3.87. The topological polar surface area (TPSA) is 66.5 Å². The fourth-order valence-corrected chi connectivity index (χ4v) is 4.84. The Labute approximate surface area is 193 Å². The second-order valence-electron chi connectivity index (χ2n) is 11.6. The maximum Gasteiger partial charge on any atom is 0.494 e. The average molecular weight is 461 g/mol. The van der Waals surface area contributed by atoms with E-state index in [0.29, 0.717) is 24.7 Å². The summed E-state index contributed by atoms with van der Waals surface area (Å²) in [5, 5.41) is 0.0921. The summed E-state index contributed by atoms with van der Waals surface area (Å²) in [5.74, 6) is 0.636. The van der Waals surface area contributed by atoms with Gasteiger partial charge in [0.15, 0.2) is 8.32 Å². The first kappa shape index (κ1) is 23.6. The van der Waals surface area contributed by atoms with Gasteiger partial charge >= 0.3 is 13.2 Å². The average Bonchev–Trinajstić information content (AvgIpc) is 3.11. The SMILES string of the molecule is CC1(C)OB(c2ccc3c(c2)OC[C@H]2[C@H](CO[Si](C)(C)C(C)(C)C)OC(=O)N32)OC1(C)C. The van der Waals surface area contributed by atoms with E-state index in [0.717, 1.165) is 5.46 Å². The predicted molar refractivity (Wildman–Crippen MR) is 127 cm³/mol. The monoisotopic (exact) mass is 461 g/mol. The molecule has 0 saturated carbocycles. The Kier molecular flexibility index (Phi) is 5.52. The van der Waals surface area contributed by atoms with E-state index in [1.54, 1.807) is 4.90 Å². The molecule has 0 aliphatic carbocycles. The minimum absolute atomic E-state index is 0.0921. The van der Waals surface area contributed by atoms with Gasteiger partial charge in [-0.1, -0.05) is 26.8 Å². The van der Waals surface area contributed by atoms with Crippen LogP contribution in [0, 0.1) is 0 Å². The smallest absolute Gasteiger partial charge is 0.489 e. The first-order chi connectivity index (χ1) is 14.6. The van der Waals surface area contributed by atoms with Crippen molar-refractivity contribution in [3.8, 4) is 5.75 Å². The molecule has 1 aromatic rings. The number of ether oxygens (including phenoxy) is 2. The Hall–Kier alpha value is -1.55. The molecule has 2 fully saturated rings. The highest BCUT2D eigenvalue weighted by atomic mass is 28.4. The van der Waals surface area contributed by atoms with Crippen LogP contribution in [0.15, 0.2) is 18.2 Å². The van der Waals surface area contributed by atoms with Crippen LogP contribution >= 0.6 is 0 Å². The van der Waals surface area contributed by atoms with Crippen molar-refractivity contribution in [2.45, 2.75) is 89.9 Å². The lowest BCUT2D eigenvalue weighted by molar-refractivity contribution is 0.00578. The first-order valence-corrected chi connectivity index (χ1v) is 14.3. The number of amides is 1. The number of benzene rings is 1. The third-order valence-electron chi connectivity index (χ3n) is 7.80. The summed E-state index contributed by atoms with van der Waals surface area (Å²) < 4.78 is 30.5. The minimum atomic E-state index is -1.95. The molecule has 4 rings (SSSR count). The standard InChI is InChI=1S/C23H36BNO6Si/c1-21(2,3)32(8,9)28-14-19-17-13-27-18-12-15(10-11-16(18)25(17)20(26)29-19)24-30-22(4,5)23(6,7)31-24/h10-12,17,19H,13-14H2,1-9H3/t17-,19-/m0/s1. The Balaban J connectivity index is 1.51. The predicted octanol–water partition coefficient (Wildman–Crippen LogP) is 4.09. The number of anilines is 1. The lowest BCUT2D eigenvalue weighted by Gasteiger charge is -2.37. The molecular weight excluding hydrogens is 425 g/mol. The molecule has 32 heavy (non-hydrogen) atoms. The van der Waals surface area contributed by atoms with Gasteiger partial charge in [-0.25, -0.2) is 4.79 Å². The molecule has 3 aliphatic rings. The van der Waals surface area contributed by atoms with Crippen LogP contribution in [-0.4, -0.2) is 58.1 Å². The number of carbonyl (C=O) groups excluding carboxylic acids is 1. The Morgan fingerprint density at radius 1 is 1.16 bits per heavy atom. The number of hydrogen-bond donors (Lipinski definition) is 0. The molecule has 0 bridgehead atoms. The van der Waals surface area contributed by atoms with Crippen LogP contribution in [0.25, 0.3) is 0 Å². The van der Waals surface area contributed by atoms with E-state index >= 15 is 0 Å². The molecule has 1 amide bonds. The summed E-state index contributed by atoms with van der Waals surface area (Å²) in [6.07, 6.45) is -0.709. The number of nitrogens with zero attached hydrogens (tertiary/aromatic N) is 1. The van der Waals surface area contributed by atoms with Gasteiger partial charge in [-0.05, 0) is 63.4 Å². The maximum absolute atomic E-state index is 12.8. The molecule has 3 heterocycles. The van der Waals surface area contributed by atoms with E-state index < -0.39 is 26.6 Å². The summed E-state index contributed by atoms with van der Waals surface area (Å²) in [4.78, 5) is 14.5. The molecule has 2 saturated heterocycles. The van der Waals surface area contributed by atoms with Crippen molar-refractivity contribution in [2.75, 3.05) is 18.1 Å². The molecule has 3 aliphatic heterocycles. The van der Waals surface area contributed by atoms with Crippen LogP contribution in [0.1, 0.15) is 48.5 Å². The molecule has 7 nitrogen and oxygen atoms in total. The Morgan fingerprint density at radius 3 is 2.38 bits per heavy atom. The highest BCUT2D eigenvalue weighted by molar-refractivity contribution is 6.74. The number of hydrogen-bond acceptors (Lipinski definition) is 6. The second kappa shape index (κ2) is 7.48. The van der Waals surface area contributed by atoms with Gasteiger partial charge in [-0.2, -0.15) is 0 Å². The largest absolute Gasteiger partial charge is 0.494 e. The number of cyclic esters (lactones) is 1. The molecule has 0 N–H and O–H groups in total. The minimum Gasteiger partial charge on any atom is -0.489 e. The molecular formula is C23H36BNO6Si. The zero-order valence-corrected chi connectivity index (χ0v) is 21.8. The van der Waals surface area contributed by atoms with E-state index in [2.05, 4.69) is 33.9 Å². The zero-order valence-electron chi connectivity index (χ0n) is 20.8. The fourth-order valence-electron chi connectivity index (χ4n) is 3.82. The fraction of sp³-hybridized carbons (Fsp3) is 0.696. The van der Waals surface area contributed by atoms with E-state index in [9.17, 15) is 4.79 Å².